The van der Waals surface area contributed by atoms with Gasteiger partial charge in [0.2, 0.25) is 0 Å². The minimum Gasteiger partial charge on any atom is -0.256 e. The largest absolute Gasteiger partial charge is 0.256 e. The SMILES string of the molecule is CCc1ccnc(C2=CC3=CC4=NC(=CC5=NC(=CC6=NC(=CC2=N3)C=C6)C=C5)C=C4)c1. The minimum absolute atomic E-state index is 0.846. The average molecular weight is 413 g/mol. The molecular formula is C27H19N5. The molecular weight excluding hydrogens is 394 g/mol. The molecule has 152 valence electrons. The number of aliphatic imine (C=N–C) groups is 4. The zero-order valence-electron chi connectivity index (χ0n) is 17.5. The molecule has 6 rings (SSSR count). The fourth-order valence-electron chi connectivity index (χ4n) is 3.94. The summed E-state index contributed by atoms with van der Waals surface area (Å²) in [7, 11) is 0. The maximum atomic E-state index is 4.89. The molecule has 5 heteroatoms. The second kappa shape index (κ2) is 7.46. The van der Waals surface area contributed by atoms with Crippen LogP contribution in [0, 0.1) is 0 Å². The van der Waals surface area contributed by atoms with Crippen LogP contribution >= 0.6 is 0 Å². The summed E-state index contributed by atoms with van der Waals surface area (Å²) >= 11 is 0. The second-order valence-electron chi connectivity index (χ2n) is 7.84. The molecule has 0 spiro atoms. The first-order valence-electron chi connectivity index (χ1n) is 10.6. The van der Waals surface area contributed by atoms with Crippen molar-refractivity contribution < 1.29 is 0 Å². The van der Waals surface area contributed by atoms with Crippen molar-refractivity contribution in [3.8, 4) is 0 Å². The highest BCUT2D eigenvalue weighted by Gasteiger charge is 2.19. The highest BCUT2D eigenvalue weighted by atomic mass is 14.8. The summed E-state index contributed by atoms with van der Waals surface area (Å²) in [6.07, 6.45) is 24.8. The lowest BCUT2D eigenvalue weighted by molar-refractivity contribution is 1.11. The van der Waals surface area contributed by atoms with Crippen LogP contribution in [0.4, 0.5) is 0 Å². The number of hydrogen-bond acceptors (Lipinski definition) is 5. The molecule has 0 radical (unpaired) electrons. The predicted octanol–water partition coefficient (Wildman–Crippen LogP) is 5.06. The molecule has 6 heterocycles. The van der Waals surface area contributed by atoms with Crippen LogP contribution in [0.5, 0.6) is 0 Å². The third-order valence-electron chi connectivity index (χ3n) is 5.55. The Morgan fingerprint density at radius 1 is 0.625 bits per heavy atom. The summed E-state index contributed by atoms with van der Waals surface area (Å²) in [5.41, 5.74) is 10.1. The highest BCUT2D eigenvalue weighted by Crippen LogP contribution is 2.28. The van der Waals surface area contributed by atoms with Gasteiger partial charge >= 0.3 is 0 Å². The smallest absolute Gasteiger partial charge is 0.0753 e. The minimum atomic E-state index is 0.846. The summed E-state index contributed by atoms with van der Waals surface area (Å²) in [5, 5.41) is 0. The normalized spacial score (nSPS) is 20.2. The van der Waals surface area contributed by atoms with E-state index in [1.54, 1.807) is 0 Å². The maximum Gasteiger partial charge on any atom is 0.0753 e. The molecule has 1 aromatic rings. The van der Waals surface area contributed by atoms with Crippen LogP contribution < -0.4 is 0 Å². The molecule has 5 nitrogen and oxygen atoms in total. The number of nitrogens with zero attached hydrogens (tertiary/aromatic N) is 5. The standard InChI is InChI=1S/C27H19N5/c1-2-17-9-10-28-26(11-17)25-15-24-14-22-6-5-20(30-22)12-18-3-4-19(29-18)13-21-7-8-23(31-21)16-27(25)32-24/h3-16H,2H2,1H3. The molecule has 0 atom stereocenters. The summed E-state index contributed by atoms with van der Waals surface area (Å²) in [4.78, 5) is 23.6. The Hall–Kier alpha value is -4.25. The molecule has 5 aliphatic rings. The summed E-state index contributed by atoms with van der Waals surface area (Å²) < 4.78 is 0. The summed E-state index contributed by atoms with van der Waals surface area (Å²) in [6, 6.07) is 4.18. The lowest BCUT2D eigenvalue weighted by Crippen LogP contribution is -1.99. The molecule has 32 heavy (non-hydrogen) atoms. The molecule has 0 unspecified atom stereocenters. The van der Waals surface area contributed by atoms with Gasteiger partial charge in [-0.15, -0.1) is 0 Å². The van der Waals surface area contributed by atoms with Gasteiger partial charge in [-0.05, 0) is 91.0 Å². The molecule has 0 aliphatic carbocycles. The Bertz CT molecular complexity index is 1430. The number of allylic oxidation sites excluding steroid dienone is 12. The van der Waals surface area contributed by atoms with Crippen molar-refractivity contribution in [3.63, 3.8) is 0 Å². The van der Waals surface area contributed by atoms with Crippen LogP contribution in [-0.2, 0) is 6.42 Å². The van der Waals surface area contributed by atoms with Crippen molar-refractivity contribution in [1.29, 1.82) is 0 Å². The molecule has 8 bridgehead atoms. The Balaban J connectivity index is 1.50. The van der Waals surface area contributed by atoms with Gasteiger partial charge in [0.15, 0.2) is 0 Å². The number of aryl methyl sites for hydroxylation is 1. The number of hydrogen-bond donors (Lipinski definition) is 0. The molecule has 0 amide bonds. The van der Waals surface area contributed by atoms with E-state index in [9.17, 15) is 0 Å². The van der Waals surface area contributed by atoms with E-state index in [-0.39, 0.29) is 0 Å². The van der Waals surface area contributed by atoms with Crippen LogP contribution in [0.1, 0.15) is 18.2 Å². The molecule has 5 aliphatic heterocycles. The van der Waals surface area contributed by atoms with Crippen molar-refractivity contribution in [3.05, 3.63) is 119 Å². The monoisotopic (exact) mass is 413 g/mol. The van der Waals surface area contributed by atoms with Crippen LogP contribution in [0.3, 0.4) is 0 Å². The van der Waals surface area contributed by atoms with E-state index in [4.69, 9.17) is 15.0 Å². The van der Waals surface area contributed by atoms with Crippen LogP contribution in [-0.4, -0.2) is 27.8 Å². The van der Waals surface area contributed by atoms with E-state index in [1.807, 2.05) is 73.0 Å². The van der Waals surface area contributed by atoms with Crippen molar-refractivity contribution in [2.24, 2.45) is 20.0 Å². The maximum absolute atomic E-state index is 4.89. The van der Waals surface area contributed by atoms with Crippen LogP contribution in [0.2, 0.25) is 0 Å². The van der Waals surface area contributed by atoms with Crippen molar-refractivity contribution >= 4 is 28.4 Å². The van der Waals surface area contributed by atoms with Gasteiger partial charge in [-0.2, -0.15) is 0 Å². The molecule has 0 aromatic carbocycles. The Labute approximate surface area is 186 Å². The lowest BCUT2D eigenvalue weighted by atomic mass is 10.0. The van der Waals surface area contributed by atoms with Gasteiger partial charge in [-0.25, -0.2) is 20.0 Å². The van der Waals surface area contributed by atoms with Gasteiger partial charge in [0.05, 0.1) is 51.3 Å². The first-order valence-corrected chi connectivity index (χ1v) is 10.6. The zero-order chi connectivity index (χ0) is 21.5. The van der Waals surface area contributed by atoms with Gasteiger partial charge in [-0.1, -0.05) is 6.92 Å². The molecule has 0 saturated heterocycles. The van der Waals surface area contributed by atoms with Gasteiger partial charge in [-0.3, -0.25) is 4.98 Å². The van der Waals surface area contributed by atoms with Gasteiger partial charge < -0.3 is 0 Å². The van der Waals surface area contributed by atoms with Gasteiger partial charge in [0.1, 0.15) is 0 Å². The van der Waals surface area contributed by atoms with Crippen LogP contribution in [0.25, 0.3) is 5.57 Å². The Morgan fingerprint density at radius 2 is 1.22 bits per heavy atom. The summed E-state index contributed by atoms with van der Waals surface area (Å²) in [6.45, 7) is 2.15. The quantitative estimate of drug-likeness (QED) is 0.668. The highest BCUT2D eigenvalue weighted by molar-refractivity contribution is 6.32. The first-order chi connectivity index (χ1) is 15.7. The molecule has 0 fully saturated rings. The van der Waals surface area contributed by atoms with Crippen LogP contribution in [0.15, 0.2) is 128 Å². The topological polar surface area (TPSA) is 62.3 Å². The van der Waals surface area contributed by atoms with E-state index in [0.29, 0.717) is 0 Å². The average Bonchev–Trinajstić information content (AvgIpc) is 3.59. The summed E-state index contributed by atoms with van der Waals surface area (Å²) in [5.74, 6) is 0. The van der Waals surface area contributed by atoms with Gasteiger partial charge in [0, 0.05) is 11.8 Å². The van der Waals surface area contributed by atoms with Gasteiger partial charge in [0.25, 0.3) is 0 Å². The molecule has 1 aromatic heterocycles. The van der Waals surface area contributed by atoms with E-state index in [0.717, 1.165) is 63.3 Å². The Morgan fingerprint density at radius 3 is 1.84 bits per heavy atom. The van der Waals surface area contributed by atoms with E-state index >= 15 is 0 Å². The molecule has 0 N–H and O–H groups in total. The third-order valence-corrected chi connectivity index (χ3v) is 5.55. The Kier molecular flexibility index (Phi) is 4.32. The molecule has 0 saturated carbocycles. The first kappa shape index (κ1) is 18.5. The predicted molar refractivity (Wildman–Crippen MR) is 131 cm³/mol. The van der Waals surface area contributed by atoms with Crippen molar-refractivity contribution in [1.82, 2.24) is 4.98 Å². The number of aromatic nitrogens is 1. The number of fused-ring (bicyclic) bond motifs is 4. The van der Waals surface area contributed by atoms with Crippen molar-refractivity contribution in [2.75, 3.05) is 0 Å². The van der Waals surface area contributed by atoms with E-state index < -0.39 is 0 Å². The lowest BCUT2D eigenvalue weighted by Gasteiger charge is -2.05. The van der Waals surface area contributed by atoms with E-state index in [2.05, 4.69) is 29.0 Å². The number of rotatable bonds is 2. The van der Waals surface area contributed by atoms with Crippen molar-refractivity contribution in [2.45, 2.75) is 13.3 Å². The van der Waals surface area contributed by atoms with E-state index in [1.165, 1.54) is 5.56 Å². The fraction of sp³-hybridized carbons (Fsp3) is 0.0741. The number of pyridine rings is 1. The zero-order valence-corrected chi connectivity index (χ0v) is 17.5. The fourth-order valence-corrected chi connectivity index (χ4v) is 3.94. The third kappa shape index (κ3) is 3.54. The second-order valence-corrected chi connectivity index (χ2v) is 7.84.